The van der Waals surface area contributed by atoms with Crippen molar-refractivity contribution in [3.8, 4) is 5.75 Å². The molecule has 132 valence electrons. The van der Waals surface area contributed by atoms with Crippen LogP contribution in [0, 0.1) is 5.82 Å². The molecule has 0 aliphatic heterocycles. The third kappa shape index (κ3) is 7.22. The summed E-state index contributed by atoms with van der Waals surface area (Å²) in [6, 6.07) is 12.6. The van der Waals surface area contributed by atoms with Gasteiger partial charge in [0, 0.05) is 11.6 Å². The second-order valence-electron chi connectivity index (χ2n) is 5.13. The zero-order valence-electron chi connectivity index (χ0n) is 13.3. The summed E-state index contributed by atoms with van der Waals surface area (Å²) in [5.74, 6) is -1.15. The maximum absolute atomic E-state index is 12.7. The molecule has 7 heteroatoms. The molecule has 0 aliphatic carbocycles. The smallest absolute Gasteiger partial charge is 0.344 e. The fraction of sp³-hybridized carbons (Fsp3) is 0.222. The molecule has 0 aliphatic rings. The van der Waals surface area contributed by atoms with Crippen LogP contribution in [0.3, 0.4) is 0 Å². The van der Waals surface area contributed by atoms with Crippen LogP contribution < -0.4 is 10.1 Å². The maximum atomic E-state index is 12.7. The van der Waals surface area contributed by atoms with E-state index in [1.54, 1.807) is 6.07 Å². The number of hydrogen-bond donors (Lipinski definition) is 1. The number of ether oxygens (including phenoxy) is 2. The molecule has 0 spiro atoms. The second-order valence-corrected chi connectivity index (χ2v) is 5.57. The molecule has 0 atom stereocenters. The number of hydrogen-bond acceptors (Lipinski definition) is 4. The van der Waals surface area contributed by atoms with Crippen LogP contribution in [0.2, 0.25) is 5.02 Å². The molecule has 25 heavy (non-hydrogen) atoms. The lowest BCUT2D eigenvalue weighted by molar-refractivity contribution is -0.150. The van der Waals surface area contributed by atoms with Crippen molar-refractivity contribution in [2.75, 3.05) is 19.8 Å². The van der Waals surface area contributed by atoms with Crippen molar-refractivity contribution >= 4 is 23.5 Å². The molecule has 5 nitrogen and oxygen atoms in total. The largest absolute Gasteiger partial charge is 0.482 e. The summed E-state index contributed by atoms with van der Waals surface area (Å²) in [5, 5.41) is 3.28. The zero-order chi connectivity index (χ0) is 18.1. The first-order valence-electron chi connectivity index (χ1n) is 7.58. The average molecular weight is 366 g/mol. The molecule has 0 radical (unpaired) electrons. The van der Waals surface area contributed by atoms with E-state index in [4.69, 9.17) is 21.1 Å². The molecule has 0 heterocycles. The van der Waals surface area contributed by atoms with Crippen LogP contribution in [0.15, 0.2) is 48.5 Å². The first-order valence-corrected chi connectivity index (χ1v) is 7.96. The summed E-state index contributed by atoms with van der Waals surface area (Å²) in [7, 11) is 0. The van der Waals surface area contributed by atoms with E-state index in [-0.39, 0.29) is 13.2 Å². The van der Waals surface area contributed by atoms with E-state index in [1.165, 1.54) is 24.3 Å². The van der Waals surface area contributed by atoms with Crippen molar-refractivity contribution in [3.05, 3.63) is 64.9 Å². The lowest BCUT2D eigenvalue weighted by Gasteiger charge is -2.08. The number of halogens is 2. The Morgan fingerprint density at radius 2 is 1.84 bits per heavy atom. The van der Waals surface area contributed by atoms with Crippen LogP contribution >= 0.6 is 11.6 Å². The molecule has 1 amide bonds. The Balaban J connectivity index is 1.60. The van der Waals surface area contributed by atoms with Crippen molar-refractivity contribution in [1.82, 2.24) is 5.32 Å². The van der Waals surface area contributed by atoms with Crippen LogP contribution in [-0.4, -0.2) is 31.6 Å². The third-order valence-electron chi connectivity index (χ3n) is 3.16. The molecule has 0 aromatic heterocycles. The van der Waals surface area contributed by atoms with Crippen LogP contribution in [0.25, 0.3) is 0 Å². The molecule has 0 saturated carbocycles. The van der Waals surface area contributed by atoms with Crippen molar-refractivity contribution in [2.24, 2.45) is 0 Å². The van der Waals surface area contributed by atoms with Gasteiger partial charge in [0.1, 0.15) is 11.6 Å². The van der Waals surface area contributed by atoms with Crippen molar-refractivity contribution < 1.29 is 23.5 Å². The SMILES string of the molecule is O=C(COC(=O)COc1ccc(F)cc1)NCCc1cccc(Cl)c1. The first-order chi connectivity index (χ1) is 12.0. The van der Waals surface area contributed by atoms with E-state index in [9.17, 15) is 14.0 Å². The molecule has 0 saturated heterocycles. The quantitative estimate of drug-likeness (QED) is 0.731. The van der Waals surface area contributed by atoms with Crippen LogP contribution in [0.1, 0.15) is 5.56 Å². The number of carbonyl (C=O) groups is 2. The summed E-state index contributed by atoms with van der Waals surface area (Å²) in [6.45, 7) is -0.342. The normalized spacial score (nSPS) is 10.2. The number of benzene rings is 2. The molecule has 2 aromatic rings. The number of nitrogens with one attached hydrogen (secondary N) is 1. The Bertz CT molecular complexity index is 721. The molecular formula is C18H17ClFNO4. The van der Waals surface area contributed by atoms with Gasteiger partial charge in [0.25, 0.3) is 5.91 Å². The van der Waals surface area contributed by atoms with Gasteiger partial charge in [-0.05, 0) is 48.4 Å². The van der Waals surface area contributed by atoms with Gasteiger partial charge in [0.15, 0.2) is 13.2 Å². The summed E-state index contributed by atoms with van der Waals surface area (Å²) in [4.78, 5) is 23.1. The van der Waals surface area contributed by atoms with Gasteiger partial charge in [-0.1, -0.05) is 23.7 Å². The predicted octanol–water partition coefficient (Wildman–Crippen LogP) is 2.76. The molecular weight excluding hydrogens is 349 g/mol. The van der Waals surface area contributed by atoms with Gasteiger partial charge in [0.05, 0.1) is 0 Å². The Morgan fingerprint density at radius 3 is 2.56 bits per heavy atom. The number of esters is 1. The van der Waals surface area contributed by atoms with Gasteiger partial charge in [-0.15, -0.1) is 0 Å². The van der Waals surface area contributed by atoms with E-state index >= 15 is 0 Å². The summed E-state index contributed by atoms with van der Waals surface area (Å²) < 4.78 is 22.6. The van der Waals surface area contributed by atoms with Crippen molar-refractivity contribution in [2.45, 2.75) is 6.42 Å². The minimum Gasteiger partial charge on any atom is -0.482 e. The van der Waals surface area contributed by atoms with Gasteiger partial charge in [-0.25, -0.2) is 9.18 Å². The highest BCUT2D eigenvalue weighted by atomic mass is 35.5. The fourth-order valence-corrected chi connectivity index (χ4v) is 2.16. The van der Waals surface area contributed by atoms with Gasteiger partial charge < -0.3 is 14.8 Å². The highest BCUT2D eigenvalue weighted by Gasteiger charge is 2.08. The van der Waals surface area contributed by atoms with E-state index in [1.807, 2.05) is 18.2 Å². The minimum atomic E-state index is -0.686. The van der Waals surface area contributed by atoms with Gasteiger partial charge in [-0.3, -0.25) is 4.79 Å². The third-order valence-corrected chi connectivity index (χ3v) is 3.39. The van der Waals surface area contributed by atoms with E-state index < -0.39 is 17.7 Å². The summed E-state index contributed by atoms with van der Waals surface area (Å²) >= 11 is 5.88. The second kappa shape index (κ2) is 9.64. The maximum Gasteiger partial charge on any atom is 0.344 e. The number of carbonyl (C=O) groups excluding carboxylic acids is 2. The number of amides is 1. The standard InChI is InChI=1S/C18H17ClFNO4/c19-14-3-1-2-13(10-14)8-9-21-17(22)11-25-18(23)12-24-16-6-4-15(20)5-7-16/h1-7,10H,8-9,11-12H2,(H,21,22). The predicted molar refractivity (Wildman–Crippen MR) is 91.0 cm³/mol. The summed E-state index contributed by atoms with van der Waals surface area (Å²) in [6.07, 6.45) is 0.619. The Labute approximate surface area is 149 Å². The van der Waals surface area contributed by atoms with Crippen LogP contribution in [0.4, 0.5) is 4.39 Å². The molecule has 2 rings (SSSR count). The molecule has 0 bridgehead atoms. The van der Waals surface area contributed by atoms with Gasteiger partial charge >= 0.3 is 5.97 Å². The van der Waals surface area contributed by atoms with Gasteiger partial charge in [0.2, 0.25) is 0 Å². The van der Waals surface area contributed by atoms with E-state index in [2.05, 4.69) is 5.32 Å². The molecule has 2 aromatic carbocycles. The van der Waals surface area contributed by atoms with Crippen LogP contribution in [0.5, 0.6) is 5.75 Å². The first kappa shape index (κ1) is 18.7. The Kier molecular flexibility index (Phi) is 7.22. The average Bonchev–Trinajstić information content (AvgIpc) is 2.59. The molecule has 0 unspecified atom stereocenters. The molecule has 0 fully saturated rings. The Morgan fingerprint density at radius 1 is 1.08 bits per heavy atom. The monoisotopic (exact) mass is 365 g/mol. The molecule has 1 N–H and O–H groups in total. The van der Waals surface area contributed by atoms with Gasteiger partial charge in [-0.2, -0.15) is 0 Å². The highest BCUT2D eigenvalue weighted by Crippen LogP contribution is 2.11. The minimum absolute atomic E-state index is 0.337. The van der Waals surface area contributed by atoms with Crippen molar-refractivity contribution in [1.29, 1.82) is 0 Å². The topological polar surface area (TPSA) is 64.6 Å². The van der Waals surface area contributed by atoms with Crippen LogP contribution in [-0.2, 0) is 20.7 Å². The zero-order valence-corrected chi connectivity index (χ0v) is 14.1. The lowest BCUT2D eigenvalue weighted by Crippen LogP contribution is -2.31. The highest BCUT2D eigenvalue weighted by molar-refractivity contribution is 6.30. The lowest BCUT2D eigenvalue weighted by atomic mass is 10.1. The van der Waals surface area contributed by atoms with E-state index in [0.717, 1.165) is 5.56 Å². The van der Waals surface area contributed by atoms with Crippen molar-refractivity contribution in [3.63, 3.8) is 0 Å². The Hall–Kier alpha value is -2.60. The number of rotatable bonds is 8. The fourth-order valence-electron chi connectivity index (χ4n) is 1.95. The van der Waals surface area contributed by atoms with E-state index in [0.29, 0.717) is 23.7 Å². The summed E-state index contributed by atoms with van der Waals surface area (Å²) in [5.41, 5.74) is 0.998.